The first-order valence-electron chi connectivity index (χ1n) is 11.0. The third kappa shape index (κ3) is 5.19. The molecule has 0 unspecified atom stereocenters. The monoisotopic (exact) mass is 522 g/mol. The molecule has 13 heteroatoms. The van der Waals surface area contributed by atoms with E-state index in [-0.39, 0.29) is 27.9 Å². The molecule has 0 aliphatic carbocycles. The molecule has 2 saturated heterocycles. The minimum Gasteiger partial charge on any atom is -0.473 e. The van der Waals surface area contributed by atoms with Crippen molar-refractivity contribution in [3.05, 3.63) is 34.3 Å². The summed E-state index contributed by atoms with van der Waals surface area (Å²) in [5, 5.41) is 3.60. The zero-order chi connectivity index (χ0) is 24.7. The molecule has 0 atom stereocenters. The van der Waals surface area contributed by atoms with Crippen LogP contribution in [0.1, 0.15) is 42.7 Å². The number of sulfonamides is 1. The third-order valence-electron chi connectivity index (χ3n) is 6.40. The number of aryl methyl sites for hydroxylation is 2. The predicted molar refractivity (Wildman–Crippen MR) is 117 cm³/mol. The van der Waals surface area contributed by atoms with Gasteiger partial charge in [0.25, 0.3) is 0 Å². The van der Waals surface area contributed by atoms with E-state index in [2.05, 4.69) is 15.0 Å². The minimum absolute atomic E-state index is 0.00551. The number of likely N-dealkylation sites (tertiary alicyclic amines) is 1. The van der Waals surface area contributed by atoms with Crippen LogP contribution in [0.2, 0.25) is 5.02 Å². The summed E-state index contributed by atoms with van der Waals surface area (Å²) in [6.07, 6.45) is -1.21. The third-order valence-corrected chi connectivity index (χ3v) is 8.81. The number of pyridine rings is 1. The van der Waals surface area contributed by atoms with Crippen LogP contribution in [0.15, 0.2) is 21.7 Å². The van der Waals surface area contributed by atoms with E-state index in [4.69, 9.17) is 20.9 Å². The topological polar surface area (TPSA) is 88.8 Å². The molecule has 2 aromatic heterocycles. The van der Waals surface area contributed by atoms with Gasteiger partial charge in [-0.05, 0) is 45.6 Å². The number of hydrogen-bond donors (Lipinski definition) is 0. The number of alkyl halides is 3. The van der Waals surface area contributed by atoms with Gasteiger partial charge in [0.2, 0.25) is 15.9 Å². The molecule has 0 amide bonds. The van der Waals surface area contributed by atoms with Crippen molar-refractivity contribution in [2.45, 2.75) is 62.7 Å². The molecule has 8 nitrogen and oxygen atoms in total. The smallest absolute Gasteiger partial charge is 0.417 e. The maximum Gasteiger partial charge on any atom is 0.417 e. The number of aromatic nitrogens is 2. The quantitative estimate of drug-likeness (QED) is 0.585. The largest absolute Gasteiger partial charge is 0.473 e. The lowest BCUT2D eigenvalue weighted by molar-refractivity contribution is -0.137. The molecule has 0 saturated carbocycles. The van der Waals surface area contributed by atoms with Gasteiger partial charge in [-0.2, -0.15) is 17.5 Å². The Morgan fingerprint density at radius 2 is 1.76 bits per heavy atom. The second-order valence-corrected chi connectivity index (χ2v) is 10.9. The zero-order valence-corrected chi connectivity index (χ0v) is 20.4. The van der Waals surface area contributed by atoms with Crippen molar-refractivity contribution in [3.8, 4) is 5.88 Å². The van der Waals surface area contributed by atoms with Crippen LogP contribution in [0.3, 0.4) is 0 Å². The van der Waals surface area contributed by atoms with Crippen molar-refractivity contribution in [2.75, 3.05) is 26.2 Å². The highest BCUT2D eigenvalue weighted by atomic mass is 35.5. The summed E-state index contributed by atoms with van der Waals surface area (Å²) in [5.74, 6) is 0.301. The van der Waals surface area contributed by atoms with Gasteiger partial charge in [-0.1, -0.05) is 16.8 Å². The highest BCUT2D eigenvalue weighted by Gasteiger charge is 2.36. The average Bonchev–Trinajstić information content (AvgIpc) is 3.13. The number of nitrogens with zero attached hydrogens (tertiary/aromatic N) is 4. The van der Waals surface area contributed by atoms with Crippen LogP contribution in [0, 0.1) is 13.8 Å². The highest BCUT2D eigenvalue weighted by Crippen LogP contribution is 2.34. The summed E-state index contributed by atoms with van der Waals surface area (Å²) in [7, 11) is -3.65. The second kappa shape index (κ2) is 9.63. The highest BCUT2D eigenvalue weighted by molar-refractivity contribution is 7.89. The van der Waals surface area contributed by atoms with E-state index in [1.165, 1.54) is 4.31 Å². The van der Waals surface area contributed by atoms with Gasteiger partial charge in [-0.15, -0.1) is 0 Å². The van der Waals surface area contributed by atoms with E-state index >= 15 is 0 Å². The van der Waals surface area contributed by atoms with Crippen LogP contribution in [0.25, 0.3) is 0 Å². The molecule has 2 aliphatic heterocycles. The molecule has 0 N–H and O–H groups in total. The Morgan fingerprint density at radius 1 is 1.12 bits per heavy atom. The summed E-state index contributed by atoms with van der Waals surface area (Å²) in [5.41, 5.74) is -0.549. The molecule has 4 rings (SSSR count). The molecule has 0 aromatic carbocycles. The Labute approximate surface area is 201 Å². The van der Waals surface area contributed by atoms with Crippen molar-refractivity contribution in [1.82, 2.24) is 19.3 Å². The molecule has 34 heavy (non-hydrogen) atoms. The molecule has 4 heterocycles. The van der Waals surface area contributed by atoms with E-state index in [0.717, 1.165) is 25.4 Å². The molecule has 0 spiro atoms. The summed E-state index contributed by atoms with van der Waals surface area (Å²) in [4.78, 5) is 6.22. The molecule has 188 valence electrons. The van der Waals surface area contributed by atoms with Gasteiger partial charge in [0, 0.05) is 38.4 Å². The van der Waals surface area contributed by atoms with Crippen LogP contribution in [-0.2, 0) is 16.2 Å². The van der Waals surface area contributed by atoms with Gasteiger partial charge in [0.15, 0.2) is 5.76 Å². The van der Waals surface area contributed by atoms with E-state index in [1.54, 1.807) is 13.8 Å². The summed E-state index contributed by atoms with van der Waals surface area (Å²) in [6.45, 7) is 5.53. The standard InChI is InChI=1S/C21H26ClF3N4O4S/c1-13-19(14(2)33-27-13)34(30,31)29-9-3-16(4-10-29)28-7-5-17(6-8-28)32-20-18(22)11-15(12-26-20)21(23,24)25/h11-12,16-17H,3-10H2,1-2H3. The van der Waals surface area contributed by atoms with Crippen molar-refractivity contribution in [2.24, 2.45) is 0 Å². The lowest BCUT2D eigenvalue weighted by atomic mass is 10.00. The van der Waals surface area contributed by atoms with Gasteiger partial charge < -0.3 is 14.2 Å². The number of rotatable bonds is 5. The first-order valence-corrected chi connectivity index (χ1v) is 12.8. The van der Waals surface area contributed by atoms with Crippen molar-refractivity contribution < 1.29 is 30.8 Å². The number of halogens is 4. The molecule has 0 bridgehead atoms. The van der Waals surface area contributed by atoms with E-state index in [1.807, 2.05) is 0 Å². The molecule has 2 fully saturated rings. The van der Waals surface area contributed by atoms with Gasteiger partial charge in [-0.3, -0.25) is 0 Å². The normalized spacial score (nSPS) is 20.1. The van der Waals surface area contributed by atoms with Gasteiger partial charge in [0.1, 0.15) is 21.7 Å². The van der Waals surface area contributed by atoms with Gasteiger partial charge >= 0.3 is 6.18 Å². The Hall–Kier alpha value is -1.89. The van der Waals surface area contributed by atoms with Crippen LogP contribution in [0.5, 0.6) is 5.88 Å². The van der Waals surface area contributed by atoms with Crippen LogP contribution >= 0.6 is 11.6 Å². The summed E-state index contributed by atoms with van der Waals surface area (Å²) < 4.78 is 76.7. The number of piperidine rings is 2. The van der Waals surface area contributed by atoms with Crippen molar-refractivity contribution >= 4 is 21.6 Å². The fourth-order valence-corrected chi connectivity index (χ4v) is 6.58. The second-order valence-electron chi connectivity index (χ2n) is 8.65. The van der Waals surface area contributed by atoms with E-state index in [9.17, 15) is 21.6 Å². The lowest BCUT2D eigenvalue weighted by Crippen LogP contribution is -2.50. The van der Waals surface area contributed by atoms with Crippen molar-refractivity contribution in [3.63, 3.8) is 0 Å². The van der Waals surface area contributed by atoms with Gasteiger partial charge in [-0.25, -0.2) is 13.4 Å². The molecular weight excluding hydrogens is 497 g/mol. The van der Waals surface area contributed by atoms with Crippen molar-refractivity contribution in [1.29, 1.82) is 0 Å². The maximum absolute atomic E-state index is 13.0. The molecule has 2 aliphatic rings. The van der Waals surface area contributed by atoms with Crippen LogP contribution in [0.4, 0.5) is 13.2 Å². The van der Waals surface area contributed by atoms with E-state index < -0.39 is 21.8 Å². The lowest BCUT2D eigenvalue weighted by Gasteiger charge is -2.41. The minimum atomic E-state index is -4.51. The first kappa shape index (κ1) is 25.2. The Morgan fingerprint density at radius 3 is 2.29 bits per heavy atom. The fraction of sp³-hybridized carbons (Fsp3) is 0.619. The summed E-state index contributed by atoms with van der Waals surface area (Å²) in [6, 6.07) is 1.08. The number of ether oxygens (including phenoxy) is 1. The molecule has 0 radical (unpaired) electrons. The molecule has 2 aromatic rings. The fourth-order valence-electron chi connectivity index (χ4n) is 4.60. The Bertz CT molecular complexity index is 1110. The number of hydrogen-bond acceptors (Lipinski definition) is 7. The van der Waals surface area contributed by atoms with Gasteiger partial charge in [0.05, 0.1) is 5.56 Å². The Kier molecular flexibility index (Phi) is 7.14. The SMILES string of the molecule is Cc1noc(C)c1S(=O)(=O)N1CCC(N2CCC(Oc3ncc(C(F)(F)F)cc3Cl)CC2)CC1. The Balaban J connectivity index is 1.29. The maximum atomic E-state index is 13.0. The van der Waals surface area contributed by atoms with Crippen LogP contribution < -0.4 is 4.74 Å². The predicted octanol–water partition coefficient (Wildman–Crippen LogP) is 4.06. The van der Waals surface area contributed by atoms with Crippen LogP contribution in [-0.4, -0.2) is 66.1 Å². The average molecular weight is 523 g/mol. The van der Waals surface area contributed by atoms with E-state index in [0.29, 0.717) is 50.2 Å². The molecular formula is C21H26ClF3N4O4S. The zero-order valence-electron chi connectivity index (χ0n) is 18.8. The first-order chi connectivity index (χ1) is 16.0. The summed E-state index contributed by atoms with van der Waals surface area (Å²) >= 11 is 5.95.